The molecule has 0 saturated carbocycles. The van der Waals surface area contributed by atoms with Gasteiger partial charge in [0.2, 0.25) is 11.7 Å². The lowest BCUT2D eigenvalue weighted by Gasteiger charge is -2.06. The van der Waals surface area contributed by atoms with Gasteiger partial charge in [0.25, 0.3) is 0 Å². The minimum atomic E-state index is -4.42. The summed E-state index contributed by atoms with van der Waals surface area (Å²) in [5.74, 6) is 0.164. The number of rotatable bonds is 4. The number of halogens is 3. The van der Waals surface area contributed by atoms with Gasteiger partial charge in [0.1, 0.15) is 6.04 Å². The summed E-state index contributed by atoms with van der Waals surface area (Å²) in [7, 11) is 1.46. The van der Waals surface area contributed by atoms with E-state index in [0.717, 1.165) is 12.1 Å². The predicted octanol–water partition coefficient (Wildman–Crippen LogP) is 2.40. The molecule has 108 valence electrons. The number of hydrogen-bond donors (Lipinski definition) is 1. The number of hydrogen-bond acceptors (Lipinski definition) is 5. The van der Waals surface area contributed by atoms with E-state index in [9.17, 15) is 13.2 Å². The first-order chi connectivity index (χ1) is 9.41. The van der Waals surface area contributed by atoms with Gasteiger partial charge in [-0.3, -0.25) is 0 Å². The van der Waals surface area contributed by atoms with Gasteiger partial charge in [0.05, 0.1) is 12.2 Å². The van der Waals surface area contributed by atoms with Crippen LogP contribution in [0.15, 0.2) is 28.8 Å². The van der Waals surface area contributed by atoms with Crippen molar-refractivity contribution in [1.29, 1.82) is 0 Å². The monoisotopic (exact) mass is 287 g/mol. The van der Waals surface area contributed by atoms with Crippen molar-refractivity contribution in [2.75, 3.05) is 13.7 Å². The maximum Gasteiger partial charge on any atom is 0.416 e. The fourth-order valence-electron chi connectivity index (χ4n) is 1.59. The summed E-state index contributed by atoms with van der Waals surface area (Å²) in [6.45, 7) is 0.171. The Morgan fingerprint density at radius 2 is 2.15 bits per heavy atom. The van der Waals surface area contributed by atoms with Gasteiger partial charge in [-0.2, -0.15) is 18.2 Å². The lowest BCUT2D eigenvalue weighted by molar-refractivity contribution is -0.137. The molecule has 1 aromatic heterocycles. The molecule has 1 aromatic carbocycles. The van der Waals surface area contributed by atoms with Crippen molar-refractivity contribution in [3.05, 3.63) is 35.7 Å². The topological polar surface area (TPSA) is 74.2 Å². The molecule has 0 amide bonds. The second-order valence-electron chi connectivity index (χ2n) is 4.10. The van der Waals surface area contributed by atoms with E-state index in [-0.39, 0.29) is 23.9 Å². The Labute approximate surface area is 112 Å². The average molecular weight is 287 g/mol. The molecule has 0 saturated heterocycles. The van der Waals surface area contributed by atoms with Gasteiger partial charge in [-0.25, -0.2) is 0 Å². The first-order valence-electron chi connectivity index (χ1n) is 5.67. The standard InChI is InChI=1S/C12H12F3N3O2/c1-19-6-9(16)11-17-10(18-20-11)7-3-2-4-8(5-7)12(13,14)15/h2-5,9H,6,16H2,1H3. The molecule has 8 heteroatoms. The van der Waals surface area contributed by atoms with Crippen molar-refractivity contribution in [2.24, 2.45) is 5.73 Å². The van der Waals surface area contributed by atoms with E-state index < -0.39 is 17.8 Å². The third-order valence-corrected chi connectivity index (χ3v) is 2.55. The molecule has 2 aromatic rings. The molecule has 5 nitrogen and oxygen atoms in total. The number of aromatic nitrogens is 2. The maximum absolute atomic E-state index is 12.6. The van der Waals surface area contributed by atoms with E-state index in [2.05, 4.69) is 10.1 Å². The summed E-state index contributed by atoms with van der Waals surface area (Å²) < 4.78 is 47.6. The van der Waals surface area contributed by atoms with Crippen molar-refractivity contribution >= 4 is 0 Å². The fraction of sp³-hybridized carbons (Fsp3) is 0.333. The van der Waals surface area contributed by atoms with Gasteiger partial charge >= 0.3 is 6.18 Å². The normalized spacial score (nSPS) is 13.4. The zero-order valence-corrected chi connectivity index (χ0v) is 10.5. The molecule has 0 bridgehead atoms. The minimum absolute atomic E-state index is 0.0534. The van der Waals surface area contributed by atoms with Crippen LogP contribution in [0.4, 0.5) is 13.2 Å². The van der Waals surface area contributed by atoms with Gasteiger partial charge in [0.15, 0.2) is 0 Å². The highest BCUT2D eigenvalue weighted by atomic mass is 19.4. The first kappa shape index (κ1) is 14.5. The smallest absolute Gasteiger partial charge is 0.383 e. The van der Waals surface area contributed by atoms with Gasteiger partial charge in [-0.05, 0) is 12.1 Å². The largest absolute Gasteiger partial charge is 0.416 e. The summed E-state index contributed by atoms with van der Waals surface area (Å²) in [4.78, 5) is 3.97. The second kappa shape index (κ2) is 5.59. The van der Waals surface area contributed by atoms with Crippen molar-refractivity contribution in [3.8, 4) is 11.4 Å². The fourth-order valence-corrected chi connectivity index (χ4v) is 1.59. The zero-order chi connectivity index (χ0) is 14.8. The molecule has 1 unspecified atom stereocenters. The van der Waals surface area contributed by atoms with Crippen molar-refractivity contribution in [1.82, 2.24) is 10.1 Å². The number of ether oxygens (including phenoxy) is 1. The minimum Gasteiger partial charge on any atom is -0.383 e. The van der Waals surface area contributed by atoms with Crippen LogP contribution in [-0.4, -0.2) is 23.9 Å². The van der Waals surface area contributed by atoms with Crippen LogP contribution in [0.1, 0.15) is 17.5 Å². The number of methoxy groups -OCH3 is 1. The molecule has 0 aliphatic carbocycles. The Hall–Kier alpha value is -1.93. The summed E-state index contributed by atoms with van der Waals surface area (Å²) in [6, 6.07) is 4.05. The average Bonchev–Trinajstić information content (AvgIpc) is 2.88. The van der Waals surface area contributed by atoms with Gasteiger partial charge in [-0.1, -0.05) is 17.3 Å². The Morgan fingerprint density at radius 3 is 2.80 bits per heavy atom. The Bertz CT molecular complexity index is 583. The number of benzene rings is 1. The SMILES string of the molecule is COCC(N)c1nc(-c2cccc(C(F)(F)F)c2)no1. The Kier molecular flexibility index (Phi) is 4.05. The number of nitrogens with zero attached hydrogens (tertiary/aromatic N) is 2. The van der Waals surface area contributed by atoms with Crippen LogP contribution < -0.4 is 5.73 Å². The van der Waals surface area contributed by atoms with Crippen LogP contribution in [0, 0.1) is 0 Å². The van der Waals surface area contributed by atoms with Gasteiger partial charge in [-0.15, -0.1) is 0 Å². The molecule has 0 spiro atoms. The van der Waals surface area contributed by atoms with Crippen LogP contribution in [0.2, 0.25) is 0 Å². The Balaban J connectivity index is 2.28. The van der Waals surface area contributed by atoms with E-state index in [1.165, 1.54) is 19.2 Å². The van der Waals surface area contributed by atoms with E-state index in [4.69, 9.17) is 15.0 Å². The molecule has 0 radical (unpaired) electrons. The van der Waals surface area contributed by atoms with E-state index in [1.807, 2.05) is 0 Å². The molecule has 2 N–H and O–H groups in total. The van der Waals surface area contributed by atoms with Crippen LogP contribution in [0.5, 0.6) is 0 Å². The third-order valence-electron chi connectivity index (χ3n) is 2.55. The third kappa shape index (κ3) is 3.14. The van der Waals surface area contributed by atoms with E-state index >= 15 is 0 Å². The van der Waals surface area contributed by atoms with Gasteiger partial charge < -0.3 is 15.0 Å². The predicted molar refractivity (Wildman–Crippen MR) is 63.5 cm³/mol. The molecule has 1 atom stereocenters. The first-order valence-corrected chi connectivity index (χ1v) is 5.67. The summed E-state index contributed by atoms with van der Waals surface area (Å²) in [5.41, 5.74) is 5.13. The summed E-state index contributed by atoms with van der Waals surface area (Å²) in [5, 5.41) is 3.62. The van der Waals surface area contributed by atoms with Crippen molar-refractivity contribution in [2.45, 2.75) is 12.2 Å². The quantitative estimate of drug-likeness (QED) is 0.934. The van der Waals surface area contributed by atoms with Crippen molar-refractivity contribution in [3.63, 3.8) is 0 Å². The van der Waals surface area contributed by atoms with E-state index in [1.54, 1.807) is 0 Å². The van der Waals surface area contributed by atoms with Crippen molar-refractivity contribution < 1.29 is 22.4 Å². The molecular formula is C12H12F3N3O2. The summed E-state index contributed by atoms with van der Waals surface area (Å²) in [6.07, 6.45) is -4.42. The number of alkyl halides is 3. The van der Waals surface area contributed by atoms with E-state index in [0.29, 0.717) is 0 Å². The van der Waals surface area contributed by atoms with Crippen LogP contribution in [0.3, 0.4) is 0 Å². The highest BCUT2D eigenvalue weighted by Crippen LogP contribution is 2.31. The molecule has 2 rings (SSSR count). The van der Waals surface area contributed by atoms with Crippen LogP contribution >= 0.6 is 0 Å². The second-order valence-corrected chi connectivity index (χ2v) is 4.10. The highest BCUT2D eigenvalue weighted by Gasteiger charge is 2.30. The highest BCUT2D eigenvalue weighted by molar-refractivity contribution is 5.55. The lowest BCUT2D eigenvalue weighted by atomic mass is 10.1. The molecule has 1 heterocycles. The molecule has 0 aliphatic rings. The lowest BCUT2D eigenvalue weighted by Crippen LogP contribution is -2.16. The van der Waals surface area contributed by atoms with Gasteiger partial charge in [0, 0.05) is 12.7 Å². The Morgan fingerprint density at radius 1 is 1.40 bits per heavy atom. The summed E-state index contributed by atoms with van der Waals surface area (Å²) >= 11 is 0. The molecule has 0 aliphatic heterocycles. The van der Waals surface area contributed by atoms with Crippen LogP contribution in [-0.2, 0) is 10.9 Å². The maximum atomic E-state index is 12.6. The number of nitrogens with two attached hydrogens (primary N) is 1. The molecule has 20 heavy (non-hydrogen) atoms. The molecule has 0 fully saturated rings. The zero-order valence-electron chi connectivity index (χ0n) is 10.5. The van der Waals surface area contributed by atoms with Crippen LogP contribution in [0.25, 0.3) is 11.4 Å². The molecular weight excluding hydrogens is 275 g/mol.